The van der Waals surface area contributed by atoms with Crippen molar-refractivity contribution in [3.05, 3.63) is 21.4 Å². The molecule has 2 rings (SSSR count). The van der Waals surface area contributed by atoms with Gasteiger partial charge >= 0.3 is 6.03 Å². The molecule has 0 aromatic carbocycles. The molecule has 1 saturated heterocycles. The zero-order chi connectivity index (χ0) is 16.3. The number of morpholine rings is 1. The monoisotopic (exact) mass is 326 g/mol. The summed E-state index contributed by atoms with van der Waals surface area (Å²) >= 11 is 1.77. The summed E-state index contributed by atoms with van der Waals surface area (Å²) in [7, 11) is 1.65. The molecule has 0 aliphatic carbocycles. The molecule has 1 aromatic rings. The maximum atomic E-state index is 12.5. The first-order valence-electron chi connectivity index (χ1n) is 7.67. The van der Waals surface area contributed by atoms with Crippen LogP contribution in [0.3, 0.4) is 0 Å². The lowest BCUT2D eigenvalue weighted by Gasteiger charge is -2.37. The Kier molecular flexibility index (Phi) is 5.83. The second kappa shape index (κ2) is 7.44. The Morgan fingerprint density at radius 3 is 2.86 bits per heavy atom. The molecule has 22 heavy (non-hydrogen) atoms. The van der Waals surface area contributed by atoms with Gasteiger partial charge < -0.3 is 19.7 Å². The Bertz CT molecular complexity index is 517. The van der Waals surface area contributed by atoms with Gasteiger partial charge in [-0.2, -0.15) is 0 Å². The van der Waals surface area contributed by atoms with E-state index in [2.05, 4.69) is 25.2 Å². The molecule has 1 fully saturated rings. The first-order valence-corrected chi connectivity index (χ1v) is 8.49. The maximum Gasteiger partial charge on any atom is 0.318 e. The van der Waals surface area contributed by atoms with Gasteiger partial charge in [0.1, 0.15) is 0 Å². The first-order chi connectivity index (χ1) is 10.4. The van der Waals surface area contributed by atoms with E-state index >= 15 is 0 Å². The molecule has 124 valence electrons. The highest BCUT2D eigenvalue weighted by Crippen LogP contribution is 2.26. The molecule has 0 unspecified atom stereocenters. The Hall–Kier alpha value is -1.11. The van der Waals surface area contributed by atoms with Crippen molar-refractivity contribution in [3.63, 3.8) is 0 Å². The molecule has 5 nitrogen and oxygen atoms in total. The third-order valence-corrected chi connectivity index (χ3v) is 4.83. The molecule has 0 bridgehead atoms. The molecule has 2 amide bonds. The van der Waals surface area contributed by atoms with Crippen LogP contribution in [-0.4, -0.2) is 49.9 Å². The summed E-state index contributed by atoms with van der Waals surface area (Å²) in [5, 5.41) is 3.10. The smallest absolute Gasteiger partial charge is 0.318 e. The van der Waals surface area contributed by atoms with Gasteiger partial charge in [0.05, 0.1) is 31.4 Å². The molecule has 3 atom stereocenters. The second-order valence-electron chi connectivity index (χ2n) is 5.97. The number of ether oxygens (including phenoxy) is 2. The number of nitrogens with one attached hydrogen (secondary N) is 1. The molecule has 1 aromatic heterocycles. The molecular formula is C16H26N2O3S. The van der Waals surface area contributed by atoms with Gasteiger partial charge in [-0.25, -0.2) is 4.79 Å². The molecule has 0 spiro atoms. The molecule has 2 heterocycles. The van der Waals surface area contributed by atoms with Gasteiger partial charge in [-0.05, 0) is 39.3 Å². The minimum atomic E-state index is -0.0556. The topological polar surface area (TPSA) is 50.8 Å². The van der Waals surface area contributed by atoms with E-state index in [9.17, 15) is 4.79 Å². The summed E-state index contributed by atoms with van der Waals surface area (Å²) in [4.78, 5) is 16.9. The van der Waals surface area contributed by atoms with Crippen LogP contribution in [0.4, 0.5) is 4.79 Å². The van der Waals surface area contributed by atoms with Gasteiger partial charge in [0, 0.05) is 23.4 Å². The third-order valence-electron chi connectivity index (χ3n) is 3.85. The number of hydrogen-bond donors (Lipinski definition) is 1. The standard InChI is InChI=1S/C16H26N2O3S/c1-10-7-18(8-14(21-10)9-20-5)16(19)17-12(3)15-6-11(2)22-13(15)4/h6,10,12,14H,7-9H2,1-5H3,(H,17,19)/t10-,12-,14-/m0/s1. The fourth-order valence-electron chi connectivity index (χ4n) is 2.92. The average molecular weight is 326 g/mol. The summed E-state index contributed by atoms with van der Waals surface area (Å²) < 4.78 is 10.9. The van der Waals surface area contributed by atoms with E-state index in [4.69, 9.17) is 9.47 Å². The zero-order valence-electron chi connectivity index (χ0n) is 14.0. The summed E-state index contributed by atoms with van der Waals surface area (Å²) in [5.74, 6) is 0. The quantitative estimate of drug-likeness (QED) is 0.925. The maximum absolute atomic E-state index is 12.5. The van der Waals surface area contributed by atoms with Crippen molar-refractivity contribution in [2.45, 2.75) is 45.9 Å². The Balaban J connectivity index is 1.97. The molecule has 1 aliphatic rings. The second-order valence-corrected chi connectivity index (χ2v) is 7.43. The van der Waals surface area contributed by atoms with Crippen LogP contribution in [0.15, 0.2) is 6.07 Å². The summed E-state index contributed by atoms with van der Waals surface area (Å²) in [5.41, 5.74) is 1.20. The van der Waals surface area contributed by atoms with Crippen molar-refractivity contribution < 1.29 is 14.3 Å². The van der Waals surface area contributed by atoms with Crippen LogP contribution in [0.25, 0.3) is 0 Å². The molecule has 6 heteroatoms. The van der Waals surface area contributed by atoms with Crippen LogP contribution in [0.1, 0.15) is 35.2 Å². The number of carbonyl (C=O) groups is 1. The minimum absolute atomic E-state index is 0.0106. The van der Waals surface area contributed by atoms with Gasteiger partial charge in [0.2, 0.25) is 0 Å². The fraction of sp³-hybridized carbons (Fsp3) is 0.688. The molecule has 0 radical (unpaired) electrons. The van der Waals surface area contributed by atoms with Crippen molar-refractivity contribution in [2.24, 2.45) is 0 Å². The van der Waals surface area contributed by atoms with Crippen molar-refractivity contribution >= 4 is 17.4 Å². The van der Waals surface area contributed by atoms with E-state index in [1.165, 1.54) is 15.3 Å². The molecular weight excluding hydrogens is 300 g/mol. The predicted octanol–water partition coefficient (Wildman–Crippen LogP) is 2.87. The largest absolute Gasteiger partial charge is 0.382 e. The van der Waals surface area contributed by atoms with Crippen molar-refractivity contribution in [2.75, 3.05) is 26.8 Å². The Morgan fingerprint density at radius 1 is 1.55 bits per heavy atom. The molecule has 0 saturated carbocycles. The number of carbonyl (C=O) groups excluding carboxylic acids is 1. The summed E-state index contributed by atoms with van der Waals surface area (Å²) in [6.07, 6.45) is -0.0278. The molecule has 1 aliphatic heterocycles. The third kappa shape index (κ3) is 4.21. The van der Waals surface area contributed by atoms with E-state index in [1.54, 1.807) is 18.4 Å². The molecule has 1 N–H and O–H groups in total. The highest BCUT2D eigenvalue weighted by molar-refractivity contribution is 7.12. The normalized spacial score (nSPS) is 23.4. The van der Waals surface area contributed by atoms with Crippen LogP contribution in [0.2, 0.25) is 0 Å². The number of amides is 2. The van der Waals surface area contributed by atoms with Crippen LogP contribution < -0.4 is 5.32 Å². The van der Waals surface area contributed by atoms with Gasteiger partial charge in [0.15, 0.2) is 0 Å². The SMILES string of the molecule is COC[C@@H]1CN(C(=O)N[C@@H](C)c2cc(C)sc2C)C[C@H](C)O1. The van der Waals surface area contributed by atoms with E-state index in [1.807, 2.05) is 18.7 Å². The number of methoxy groups -OCH3 is 1. The lowest BCUT2D eigenvalue weighted by Crippen LogP contribution is -2.53. The van der Waals surface area contributed by atoms with Crippen LogP contribution >= 0.6 is 11.3 Å². The number of urea groups is 1. The van der Waals surface area contributed by atoms with Crippen LogP contribution in [0, 0.1) is 13.8 Å². The highest BCUT2D eigenvalue weighted by Gasteiger charge is 2.29. The van der Waals surface area contributed by atoms with Crippen LogP contribution in [0.5, 0.6) is 0 Å². The number of rotatable bonds is 4. The highest BCUT2D eigenvalue weighted by atomic mass is 32.1. The van der Waals surface area contributed by atoms with Gasteiger partial charge in [-0.1, -0.05) is 0 Å². The van der Waals surface area contributed by atoms with Crippen molar-refractivity contribution in [1.29, 1.82) is 0 Å². The van der Waals surface area contributed by atoms with E-state index < -0.39 is 0 Å². The first kappa shape index (κ1) is 17.2. The van der Waals surface area contributed by atoms with E-state index in [0.29, 0.717) is 19.7 Å². The Morgan fingerprint density at radius 2 is 2.27 bits per heavy atom. The number of aryl methyl sites for hydroxylation is 2. The minimum Gasteiger partial charge on any atom is -0.382 e. The van der Waals surface area contributed by atoms with Gasteiger partial charge in [-0.3, -0.25) is 0 Å². The van der Waals surface area contributed by atoms with Gasteiger partial charge in [0.25, 0.3) is 0 Å². The zero-order valence-corrected chi connectivity index (χ0v) is 14.8. The fourth-order valence-corrected chi connectivity index (χ4v) is 3.95. The number of hydrogen-bond acceptors (Lipinski definition) is 4. The lowest BCUT2D eigenvalue weighted by molar-refractivity contribution is -0.0898. The number of nitrogens with zero attached hydrogens (tertiary/aromatic N) is 1. The average Bonchev–Trinajstić information content (AvgIpc) is 2.77. The summed E-state index contributed by atoms with van der Waals surface area (Å²) in [6.45, 7) is 9.89. The van der Waals surface area contributed by atoms with E-state index in [-0.39, 0.29) is 24.3 Å². The van der Waals surface area contributed by atoms with Crippen molar-refractivity contribution in [1.82, 2.24) is 10.2 Å². The number of thiophene rings is 1. The van der Waals surface area contributed by atoms with Gasteiger partial charge in [-0.15, -0.1) is 11.3 Å². The Labute approximate surface area is 136 Å². The predicted molar refractivity (Wildman–Crippen MR) is 88.5 cm³/mol. The lowest BCUT2D eigenvalue weighted by atomic mass is 10.1. The van der Waals surface area contributed by atoms with Crippen LogP contribution in [-0.2, 0) is 9.47 Å². The summed E-state index contributed by atoms with van der Waals surface area (Å²) in [6, 6.07) is 2.13. The van der Waals surface area contributed by atoms with Crippen molar-refractivity contribution in [3.8, 4) is 0 Å². The van der Waals surface area contributed by atoms with E-state index in [0.717, 1.165) is 0 Å².